The van der Waals surface area contributed by atoms with Crippen molar-refractivity contribution in [3.05, 3.63) is 66.7 Å². The van der Waals surface area contributed by atoms with Crippen LogP contribution in [0.5, 0.6) is 0 Å². The van der Waals surface area contributed by atoms with E-state index in [1.807, 2.05) is 48.5 Å². The number of nitrogens with one attached hydrogen (secondary N) is 1. The Kier molecular flexibility index (Phi) is 3.39. The molecule has 126 valence electrons. The van der Waals surface area contributed by atoms with Gasteiger partial charge in [0.15, 0.2) is 5.52 Å². The number of hydrogen-bond donors (Lipinski definition) is 1. The van der Waals surface area contributed by atoms with Crippen LogP contribution in [-0.2, 0) is 0 Å². The number of amides is 2. The molecule has 4 aromatic rings. The minimum atomic E-state index is -0.263. The number of para-hydroxylation sites is 2. The van der Waals surface area contributed by atoms with Crippen LogP contribution in [0, 0.1) is 0 Å². The maximum Gasteiger partial charge on any atom is 0.331 e. The zero-order chi connectivity index (χ0) is 17.5. The summed E-state index contributed by atoms with van der Waals surface area (Å²) >= 11 is 1.65. The predicted molar refractivity (Wildman–Crippen MR) is 100.0 cm³/mol. The lowest BCUT2D eigenvalue weighted by atomic mass is 10.2. The molecule has 2 amide bonds. The van der Waals surface area contributed by atoms with Gasteiger partial charge in [0.25, 0.3) is 0 Å². The zero-order valence-corrected chi connectivity index (χ0v) is 14.2. The highest BCUT2D eigenvalue weighted by Gasteiger charge is 2.28. The maximum absolute atomic E-state index is 13.2. The molecular formula is C19H12N4O2S. The van der Waals surface area contributed by atoms with Crippen LogP contribution in [0.25, 0.3) is 11.0 Å². The quantitative estimate of drug-likeness (QED) is 0.514. The first kappa shape index (κ1) is 15.0. The molecular weight excluding hydrogens is 348 g/mol. The number of fused-ring (bicyclic) bond motifs is 3. The largest absolute Gasteiger partial charge is 0.331 e. The first-order valence-corrected chi connectivity index (χ1v) is 8.81. The lowest BCUT2D eigenvalue weighted by molar-refractivity contribution is 0.259. The highest BCUT2D eigenvalue weighted by molar-refractivity contribution is 7.99. The molecule has 0 radical (unpaired) electrons. The van der Waals surface area contributed by atoms with Crippen molar-refractivity contribution in [2.45, 2.75) is 9.79 Å². The SMILES string of the molecule is O=C(Nc1cccc2nonc12)N1c2ccccc2Sc2ccccc21. The summed E-state index contributed by atoms with van der Waals surface area (Å²) in [4.78, 5) is 16.9. The van der Waals surface area contributed by atoms with Gasteiger partial charge in [-0.25, -0.2) is 9.42 Å². The highest BCUT2D eigenvalue weighted by Crippen LogP contribution is 2.48. The lowest BCUT2D eigenvalue weighted by Crippen LogP contribution is -2.32. The van der Waals surface area contributed by atoms with Gasteiger partial charge in [0.1, 0.15) is 5.52 Å². The second kappa shape index (κ2) is 5.89. The van der Waals surface area contributed by atoms with Crippen molar-refractivity contribution in [1.29, 1.82) is 0 Å². The molecule has 5 rings (SSSR count). The molecule has 1 aromatic heterocycles. The number of benzene rings is 3. The Balaban J connectivity index is 1.59. The topological polar surface area (TPSA) is 71.3 Å². The van der Waals surface area contributed by atoms with Gasteiger partial charge in [0.2, 0.25) is 0 Å². The Labute approximate surface area is 152 Å². The smallest absolute Gasteiger partial charge is 0.305 e. The Hall–Kier alpha value is -3.32. The molecule has 0 fully saturated rings. The van der Waals surface area contributed by atoms with Gasteiger partial charge in [0.05, 0.1) is 17.1 Å². The lowest BCUT2D eigenvalue weighted by Gasteiger charge is -2.31. The van der Waals surface area contributed by atoms with Gasteiger partial charge in [0, 0.05) is 9.79 Å². The summed E-state index contributed by atoms with van der Waals surface area (Å²) in [5.74, 6) is 0. The van der Waals surface area contributed by atoms with Crippen LogP contribution < -0.4 is 10.2 Å². The molecule has 0 atom stereocenters. The monoisotopic (exact) mass is 360 g/mol. The average Bonchev–Trinajstić information content (AvgIpc) is 3.16. The summed E-state index contributed by atoms with van der Waals surface area (Å²) < 4.78 is 4.78. The number of hydrogen-bond acceptors (Lipinski definition) is 5. The van der Waals surface area contributed by atoms with Gasteiger partial charge >= 0.3 is 6.03 Å². The van der Waals surface area contributed by atoms with Crippen molar-refractivity contribution >= 4 is 45.9 Å². The Morgan fingerprint density at radius 2 is 1.58 bits per heavy atom. The number of anilines is 3. The fraction of sp³-hybridized carbons (Fsp3) is 0. The van der Waals surface area contributed by atoms with Gasteiger partial charge in [-0.05, 0) is 46.7 Å². The van der Waals surface area contributed by atoms with Crippen molar-refractivity contribution < 1.29 is 9.42 Å². The molecule has 0 saturated carbocycles. The number of rotatable bonds is 1. The van der Waals surface area contributed by atoms with Crippen LogP contribution in [0.2, 0.25) is 0 Å². The van der Waals surface area contributed by atoms with Crippen molar-refractivity contribution in [2.24, 2.45) is 0 Å². The van der Waals surface area contributed by atoms with Crippen molar-refractivity contribution in [3.63, 3.8) is 0 Å². The molecule has 6 nitrogen and oxygen atoms in total. The van der Waals surface area contributed by atoms with Gasteiger partial charge in [-0.3, -0.25) is 4.90 Å². The summed E-state index contributed by atoms with van der Waals surface area (Å²) in [6.45, 7) is 0. The summed E-state index contributed by atoms with van der Waals surface area (Å²) in [6.07, 6.45) is 0. The summed E-state index contributed by atoms with van der Waals surface area (Å²) in [5.41, 5.74) is 3.37. The van der Waals surface area contributed by atoms with E-state index in [9.17, 15) is 4.79 Å². The van der Waals surface area contributed by atoms with E-state index in [0.29, 0.717) is 16.7 Å². The van der Waals surface area contributed by atoms with E-state index in [2.05, 4.69) is 15.6 Å². The third-order valence-electron chi connectivity index (χ3n) is 4.16. The molecule has 0 saturated heterocycles. The minimum absolute atomic E-state index is 0.263. The fourth-order valence-corrected chi connectivity index (χ4v) is 4.06. The summed E-state index contributed by atoms with van der Waals surface area (Å²) in [5, 5.41) is 10.6. The van der Waals surface area contributed by atoms with E-state index in [1.165, 1.54) is 0 Å². The second-order valence-corrected chi connectivity index (χ2v) is 6.82. The van der Waals surface area contributed by atoms with Crippen molar-refractivity contribution in [3.8, 4) is 0 Å². The van der Waals surface area contributed by atoms with Gasteiger partial charge in [-0.1, -0.05) is 42.1 Å². The summed E-state index contributed by atoms with van der Waals surface area (Å²) in [6, 6.07) is 20.8. The number of carbonyl (C=O) groups is 1. The molecule has 0 aliphatic carbocycles. The Morgan fingerprint density at radius 3 is 2.31 bits per heavy atom. The van der Waals surface area contributed by atoms with E-state index in [-0.39, 0.29) is 6.03 Å². The first-order valence-electron chi connectivity index (χ1n) is 7.99. The Bertz CT molecular complexity index is 1100. The zero-order valence-electron chi connectivity index (χ0n) is 13.4. The number of nitrogens with zero attached hydrogens (tertiary/aromatic N) is 3. The molecule has 7 heteroatoms. The van der Waals surface area contributed by atoms with E-state index < -0.39 is 0 Å². The third kappa shape index (κ3) is 2.33. The molecule has 0 bridgehead atoms. The van der Waals surface area contributed by atoms with E-state index >= 15 is 0 Å². The second-order valence-electron chi connectivity index (χ2n) is 5.74. The van der Waals surface area contributed by atoms with Crippen LogP contribution in [0.3, 0.4) is 0 Å². The first-order chi connectivity index (χ1) is 12.8. The predicted octanol–water partition coefficient (Wildman–Crippen LogP) is 5.06. The van der Waals surface area contributed by atoms with Crippen LogP contribution >= 0.6 is 11.8 Å². The maximum atomic E-state index is 13.2. The van der Waals surface area contributed by atoms with E-state index in [1.54, 1.807) is 34.9 Å². The van der Waals surface area contributed by atoms with Gasteiger partial charge in [-0.15, -0.1) is 0 Å². The number of aromatic nitrogens is 2. The molecule has 0 unspecified atom stereocenters. The molecule has 2 heterocycles. The van der Waals surface area contributed by atoms with Crippen molar-refractivity contribution in [2.75, 3.05) is 10.2 Å². The van der Waals surface area contributed by atoms with Gasteiger partial charge < -0.3 is 5.32 Å². The highest BCUT2D eigenvalue weighted by atomic mass is 32.2. The minimum Gasteiger partial charge on any atom is -0.305 e. The van der Waals surface area contributed by atoms with Crippen LogP contribution in [0.1, 0.15) is 0 Å². The normalized spacial score (nSPS) is 12.5. The van der Waals surface area contributed by atoms with E-state index in [4.69, 9.17) is 4.63 Å². The average molecular weight is 360 g/mol. The number of urea groups is 1. The summed E-state index contributed by atoms with van der Waals surface area (Å²) in [7, 11) is 0. The molecule has 1 N–H and O–H groups in total. The Morgan fingerprint density at radius 1 is 0.885 bits per heavy atom. The fourth-order valence-electron chi connectivity index (χ4n) is 3.00. The third-order valence-corrected chi connectivity index (χ3v) is 5.29. The van der Waals surface area contributed by atoms with Crippen molar-refractivity contribution in [1.82, 2.24) is 10.3 Å². The number of carbonyl (C=O) groups excluding carboxylic acids is 1. The standard InChI is InChI=1S/C19H12N4O2S/c24-19(20-12-6-5-7-13-18(12)22-25-21-13)23-14-8-1-3-10-16(14)26-17-11-4-2-9-15(17)23/h1-11H,(H,20,24). The van der Waals surface area contributed by atoms with Crippen LogP contribution in [0.15, 0.2) is 81.2 Å². The molecule has 0 spiro atoms. The molecule has 26 heavy (non-hydrogen) atoms. The van der Waals surface area contributed by atoms with Gasteiger partial charge in [-0.2, -0.15) is 0 Å². The van der Waals surface area contributed by atoms with Crippen LogP contribution in [0.4, 0.5) is 21.9 Å². The molecule has 1 aliphatic heterocycles. The molecule has 1 aliphatic rings. The van der Waals surface area contributed by atoms with E-state index in [0.717, 1.165) is 21.2 Å². The van der Waals surface area contributed by atoms with Crippen LogP contribution in [-0.4, -0.2) is 16.3 Å². The molecule has 3 aromatic carbocycles.